The summed E-state index contributed by atoms with van der Waals surface area (Å²) in [7, 11) is 3.16. The van der Waals surface area contributed by atoms with Gasteiger partial charge in [-0.1, -0.05) is 24.3 Å². The highest BCUT2D eigenvalue weighted by molar-refractivity contribution is 5.98. The number of methoxy groups -OCH3 is 2. The molecule has 0 radical (unpaired) electrons. The van der Waals surface area contributed by atoms with Crippen LogP contribution in [0.1, 0.15) is 35.2 Å². The molecule has 1 saturated heterocycles. The number of amides is 1. The molecule has 0 saturated carbocycles. The van der Waals surface area contributed by atoms with E-state index in [2.05, 4.69) is 4.98 Å². The zero-order chi connectivity index (χ0) is 25.3. The predicted molar refractivity (Wildman–Crippen MR) is 134 cm³/mol. The topological polar surface area (TPSA) is 87.2 Å². The van der Waals surface area contributed by atoms with Crippen LogP contribution >= 0.6 is 0 Å². The van der Waals surface area contributed by atoms with Crippen molar-refractivity contribution >= 4 is 11.9 Å². The van der Waals surface area contributed by atoms with E-state index in [9.17, 15) is 9.59 Å². The van der Waals surface area contributed by atoms with E-state index in [1.807, 2.05) is 36.4 Å². The highest BCUT2D eigenvalue weighted by atomic mass is 16.5. The summed E-state index contributed by atoms with van der Waals surface area (Å²) in [5, 5.41) is 0. The highest BCUT2D eigenvalue weighted by Gasteiger charge is 2.35. The van der Waals surface area contributed by atoms with Gasteiger partial charge in [-0.3, -0.25) is 4.79 Å². The van der Waals surface area contributed by atoms with E-state index in [4.69, 9.17) is 18.9 Å². The Hall–Kier alpha value is -4.07. The molecule has 0 bridgehead atoms. The van der Waals surface area contributed by atoms with Gasteiger partial charge in [0.05, 0.1) is 20.8 Å². The fourth-order valence-corrected chi connectivity index (χ4v) is 4.21. The van der Waals surface area contributed by atoms with E-state index in [0.717, 1.165) is 18.4 Å². The van der Waals surface area contributed by atoms with Crippen molar-refractivity contribution in [3.63, 3.8) is 0 Å². The molecule has 0 spiro atoms. The first-order valence-electron chi connectivity index (χ1n) is 12.0. The molecule has 0 aliphatic carbocycles. The van der Waals surface area contributed by atoms with E-state index in [1.165, 1.54) is 0 Å². The number of pyridine rings is 1. The summed E-state index contributed by atoms with van der Waals surface area (Å²) in [5.74, 6) is 1.35. The van der Waals surface area contributed by atoms with Crippen molar-refractivity contribution in [2.45, 2.75) is 31.7 Å². The van der Waals surface area contributed by atoms with Gasteiger partial charge in [0, 0.05) is 19.2 Å². The average molecular weight is 491 g/mol. The largest absolute Gasteiger partial charge is 0.493 e. The summed E-state index contributed by atoms with van der Waals surface area (Å²) in [6.45, 7) is 0.663. The molecule has 1 aliphatic rings. The van der Waals surface area contributed by atoms with E-state index in [1.54, 1.807) is 49.6 Å². The lowest BCUT2D eigenvalue weighted by molar-refractivity contribution is -0.150. The number of esters is 1. The molecule has 3 aromatic rings. The Kier molecular flexibility index (Phi) is 8.39. The van der Waals surface area contributed by atoms with E-state index < -0.39 is 12.0 Å². The third-order valence-corrected chi connectivity index (χ3v) is 6.08. The SMILES string of the molecule is COc1ccc(CCOC(=O)C2CCCCN2C(=O)c2cccnc2Oc2ccccc2)cc1OC. The smallest absolute Gasteiger partial charge is 0.328 e. The number of ether oxygens (including phenoxy) is 4. The second-order valence-electron chi connectivity index (χ2n) is 8.39. The van der Waals surface area contributed by atoms with Crippen LogP contribution in [0, 0.1) is 0 Å². The number of carbonyl (C=O) groups is 2. The van der Waals surface area contributed by atoms with Crippen molar-refractivity contribution in [3.8, 4) is 23.1 Å². The summed E-state index contributed by atoms with van der Waals surface area (Å²) >= 11 is 0. The van der Waals surface area contributed by atoms with Crippen LogP contribution in [-0.2, 0) is 16.0 Å². The monoisotopic (exact) mass is 490 g/mol. The number of rotatable bonds is 9. The second-order valence-corrected chi connectivity index (χ2v) is 8.39. The summed E-state index contributed by atoms with van der Waals surface area (Å²) in [6.07, 6.45) is 4.31. The van der Waals surface area contributed by atoms with Crippen LogP contribution in [0.15, 0.2) is 66.9 Å². The molecule has 0 N–H and O–H groups in total. The maximum absolute atomic E-state index is 13.5. The fraction of sp³-hybridized carbons (Fsp3) is 0.321. The number of aromatic nitrogens is 1. The normalized spacial score (nSPS) is 15.2. The van der Waals surface area contributed by atoms with Crippen LogP contribution in [-0.4, -0.2) is 55.2 Å². The molecule has 188 valence electrons. The molecule has 8 nitrogen and oxygen atoms in total. The van der Waals surface area contributed by atoms with Gasteiger partial charge in [-0.2, -0.15) is 0 Å². The quantitative estimate of drug-likeness (QED) is 0.403. The summed E-state index contributed by atoms with van der Waals surface area (Å²) < 4.78 is 22.1. The van der Waals surface area contributed by atoms with Crippen molar-refractivity contribution in [2.75, 3.05) is 27.4 Å². The molecule has 1 atom stereocenters. The fourth-order valence-electron chi connectivity index (χ4n) is 4.21. The lowest BCUT2D eigenvalue weighted by Crippen LogP contribution is -2.48. The zero-order valence-corrected chi connectivity index (χ0v) is 20.5. The molecule has 1 fully saturated rings. The van der Waals surface area contributed by atoms with Gasteiger partial charge < -0.3 is 23.8 Å². The van der Waals surface area contributed by atoms with Crippen LogP contribution < -0.4 is 14.2 Å². The molecule has 1 amide bonds. The van der Waals surface area contributed by atoms with Crippen molar-refractivity contribution in [1.29, 1.82) is 0 Å². The third-order valence-electron chi connectivity index (χ3n) is 6.08. The maximum atomic E-state index is 13.5. The van der Waals surface area contributed by atoms with Gasteiger partial charge in [0.1, 0.15) is 17.4 Å². The minimum absolute atomic E-state index is 0.197. The molecular formula is C28H30N2O6. The van der Waals surface area contributed by atoms with Crippen LogP contribution in [0.4, 0.5) is 0 Å². The summed E-state index contributed by atoms with van der Waals surface area (Å²) in [4.78, 5) is 32.4. The highest BCUT2D eigenvalue weighted by Crippen LogP contribution is 2.29. The molecule has 1 aliphatic heterocycles. The standard InChI is InChI=1S/C28H30N2O6/c1-33-24-14-13-20(19-25(24)34-2)15-18-35-28(32)23-12-6-7-17-30(23)27(31)22-11-8-16-29-26(22)36-21-9-4-3-5-10-21/h3-5,8-11,13-14,16,19,23H,6-7,12,15,17-18H2,1-2H3. The third kappa shape index (κ3) is 5.94. The first kappa shape index (κ1) is 25.0. The minimum Gasteiger partial charge on any atom is -0.493 e. The lowest BCUT2D eigenvalue weighted by Gasteiger charge is -2.34. The van der Waals surface area contributed by atoms with Crippen LogP contribution in [0.5, 0.6) is 23.1 Å². The number of hydrogen-bond acceptors (Lipinski definition) is 7. The number of carbonyl (C=O) groups excluding carboxylic acids is 2. The first-order valence-corrected chi connectivity index (χ1v) is 12.0. The van der Waals surface area contributed by atoms with Crippen molar-refractivity contribution in [1.82, 2.24) is 9.88 Å². The molecule has 1 unspecified atom stereocenters. The van der Waals surface area contributed by atoms with Crippen molar-refractivity contribution in [2.24, 2.45) is 0 Å². The van der Waals surface area contributed by atoms with Crippen LogP contribution in [0.25, 0.3) is 0 Å². The molecular weight excluding hydrogens is 460 g/mol. The predicted octanol–water partition coefficient (Wildman–Crippen LogP) is 4.67. The van der Waals surface area contributed by atoms with Gasteiger partial charge in [-0.05, 0) is 61.2 Å². The van der Waals surface area contributed by atoms with Crippen molar-refractivity contribution in [3.05, 3.63) is 78.0 Å². The molecule has 36 heavy (non-hydrogen) atoms. The summed E-state index contributed by atoms with van der Waals surface area (Å²) in [6, 6.07) is 17.4. The Morgan fingerprint density at radius 3 is 2.56 bits per heavy atom. The van der Waals surface area contributed by atoms with Gasteiger partial charge in [0.2, 0.25) is 5.88 Å². The van der Waals surface area contributed by atoms with E-state index >= 15 is 0 Å². The Morgan fingerprint density at radius 2 is 1.78 bits per heavy atom. The van der Waals surface area contributed by atoms with Gasteiger partial charge >= 0.3 is 5.97 Å². The first-order chi connectivity index (χ1) is 17.6. The molecule has 8 heteroatoms. The van der Waals surface area contributed by atoms with Crippen LogP contribution in [0.2, 0.25) is 0 Å². The Balaban J connectivity index is 1.42. The Morgan fingerprint density at radius 1 is 0.972 bits per heavy atom. The Labute approximate surface area is 210 Å². The number of piperidine rings is 1. The summed E-state index contributed by atoms with van der Waals surface area (Å²) in [5.41, 5.74) is 1.27. The Bertz CT molecular complexity index is 1180. The number of benzene rings is 2. The number of hydrogen-bond donors (Lipinski definition) is 0. The molecule has 2 aromatic carbocycles. The molecule has 1 aromatic heterocycles. The van der Waals surface area contributed by atoms with Gasteiger partial charge in [-0.25, -0.2) is 9.78 Å². The minimum atomic E-state index is -0.651. The molecule has 2 heterocycles. The van der Waals surface area contributed by atoms with E-state index in [0.29, 0.717) is 42.2 Å². The van der Waals surface area contributed by atoms with E-state index in [-0.39, 0.29) is 18.4 Å². The van der Waals surface area contributed by atoms with Gasteiger partial charge in [-0.15, -0.1) is 0 Å². The zero-order valence-electron chi connectivity index (χ0n) is 20.5. The molecule has 4 rings (SSSR count). The lowest BCUT2D eigenvalue weighted by atomic mass is 10.0. The maximum Gasteiger partial charge on any atom is 0.328 e. The number of nitrogens with zero attached hydrogens (tertiary/aromatic N) is 2. The number of likely N-dealkylation sites (tertiary alicyclic amines) is 1. The van der Waals surface area contributed by atoms with Crippen molar-refractivity contribution < 1.29 is 28.5 Å². The second kappa shape index (κ2) is 12.1. The van der Waals surface area contributed by atoms with Crippen LogP contribution in [0.3, 0.4) is 0 Å². The number of para-hydroxylation sites is 1. The van der Waals surface area contributed by atoms with Gasteiger partial charge in [0.25, 0.3) is 5.91 Å². The van der Waals surface area contributed by atoms with Gasteiger partial charge in [0.15, 0.2) is 11.5 Å². The average Bonchev–Trinajstić information content (AvgIpc) is 2.93.